The van der Waals surface area contributed by atoms with Crippen LogP contribution in [0.3, 0.4) is 0 Å². The van der Waals surface area contributed by atoms with Gasteiger partial charge in [0.25, 0.3) is 0 Å². The molecule has 0 aliphatic carbocycles. The Kier molecular flexibility index (Phi) is 5.46. The lowest BCUT2D eigenvalue weighted by atomic mass is 10.2. The van der Waals surface area contributed by atoms with Crippen LogP contribution in [-0.4, -0.2) is 21.9 Å². The molecule has 16 heavy (non-hydrogen) atoms. The zero-order valence-corrected chi connectivity index (χ0v) is 10.4. The van der Waals surface area contributed by atoms with E-state index < -0.39 is 0 Å². The van der Waals surface area contributed by atoms with Crippen LogP contribution < -0.4 is 5.32 Å². The molecule has 1 N–H and O–H groups in total. The van der Waals surface area contributed by atoms with Gasteiger partial charge in [-0.1, -0.05) is 20.3 Å². The summed E-state index contributed by atoms with van der Waals surface area (Å²) in [7, 11) is 0. The van der Waals surface area contributed by atoms with Gasteiger partial charge in [0.05, 0.1) is 11.1 Å². The second-order valence-corrected chi connectivity index (χ2v) is 4.22. The van der Waals surface area contributed by atoms with Gasteiger partial charge in [-0.05, 0) is 12.8 Å². The lowest BCUT2D eigenvalue weighted by molar-refractivity contribution is 0.595. The fourth-order valence-corrected chi connectivity index (χ4v) is 1.69. The maximum Gasteiger partial charge on any atom is 0.186 e. The predicted molar refractivity (Wildman–Crippen MR) is 64.4 cm³/mol. The minimum Gasteiger partial charge on any atom is -0.366 e. The first-order chi connectivity index (χ1) is 7.69. The second kappa shape index (κ2) is 6.63. The first-order valence-electron chi connectivity index (χ1n) is 5.56. The van der Waals surface area contributed by atoms with Crippen molar-refractivity contribution in [1.82, 2.24) is 9.97 Å². The third-order valence-corrected chi connectivity index (χ3v) is 2.66. The summed E-state index contributed by atoms with van der Waals surface area (Å²) in [6.45, 7) is 4.44. The van der Waals surface area contributed by atoms with Crippen LogP contribution in [0.25, 0.3) is 0 Å². The molecule has 0 aliphatic rings. The topological polar surface area (TPSA) is 37.8 Å². The molecular formula is C11H17ClFN3. The van der Waals surface area contributed by atoms with E-state index >= 15 is 0 Å². The van der Waals surface area contributed by atoms with Crippen LogP contribution in [0.4, 0.5) is 10.2 Å². The van der Waals surface area contributed by atoms with Crippen LogP contribution in [0.5, 0.6) is 0 Å². The SMILES string of the molecule is CCCC(Cl)CNc1ncnc(CC)c1F. The summed E-state index contributed by atoms with van der Waals surface area (Å²) in [6.07, 6.45) is 3.85. The van der Waals surface area contributed by atoms with E-state index in [4.69, 9.17) is 11.6 Å². The van der Waals surface area contributed by atoms with E-state index in [0.717, 1.165) is 12.8 Å². The van der Waals surface area contributed by atoms with Gasteiger partial charge >= 0.3 is 0 Å². The van der Waals surface area contributed by atoms with Crippen molar-refractivity contribution in [3.8, 4) is 0 Å². The van der Waals surface area contributed by atoms with Crippen molar-refractivity contribution in [3.63, 3.8) is 0 Å². The summed E-state index contributed by atoms with van der Waals surface area (Å²) in [5.41, 5.74) is 0.430. The molecular weight excluding hydrogens is 229 g/mol. The molecule has 1 heterocycles. The van der Waals surface area contributed by atoms with Crippen molar-refractivity contribution < 1.29 is 4.39 Å². The zero-order valence-electron chi connectivity index (χ0n) is 9.63. The van der Waals surface area contributed by atoms with Gasteiger partial charge in [-0.15, -0.1) is 11.6 Å². The maximum absolute atomic E-state index is 13.7. The summed E-state index contributed by atoms with van der Waals surface area (Å²) in [6, 6.07) is 0. The summed E-state index contributed by atoms with van der Waals surface area (Å²) in [5, 5.41) is 2.92. The number of aromatic nitrogens is 2. The molecule has 1 rings (SSSR count). The van der Waals surface area contributed by atoms with Gasteiger partial charge < -0.3 is 5.32 Å². The Bertz CT molecular complexity index is 333. The number of rotatable bonds is 6. The van der Waals surface area contributed by atoms with Crippen molar-refractivity contribution in [2.24, 2.45) is 0 Å². The minimum atomic E-state index is -0.370. The highest BCUT2D eigenvalue weighted by atomic mass is 35.5. The van der Waals surface area contributed by atoms with Crippen LogP contribution in [0, 0.1) is 5.82 Å². The fourth-order valence-electron chi connectivity index (χ4n) is 1.40. The fraction of sp³-hybridized carbons (Fsp3) is 0.636. The number of hydrogen-bond donors (Lipinski definition) is 1. The van der Waals surface area contributed by atoms with Crippen molar-refractivity contribution in [2.75, 3.05) is 11.9 Å². The summed E-state index contributed by atoms with van der Waals surface area (Å²) < 4.78 is 13.7. The lowest BCUT2D eigenvalue weighted by Gasteiger charge is -2.11. The second-order valence-electron chi connectivity index (χ2n) is 3.60. The summed E-state index contributed by atoms with van der Waals surface area (Å²) >= 11 is 6.03. The Morgan fingerprint density at radius 1 is 1.44 bits per heavy atom. The zero-order chi connectivity index (χ0) is 12.0. The number of hydrogen-bond acceptors (Lipinski definition) is 3. The van der Waals surface area contributed by atoms with Crippen LogP contribution in [0.2, 0.25) is 0 Å². The standard InChI is InChI=1S/C11H17ClFN3/c1-3-5-8(12)6-14-11-10(13)9(4-2)15-7-16-11/h7-8H,3-6H2,1-2H3,(H,14,15,16). The molecule has 5 heteroatoms. The van der Waals surface area contributed by atoms with Crippen LogP contribution >= 0.6 is 11.6 Å². The Balaban J connectivity index is 2.60. The number of nitrogens with zero attached hydrogens (tertiary/aromatic N) is 2. The monoisotopic (exact) mass is 245 g/mol. The summed E-state index contributed by atoms with van der Waals surface area (Å²) in [5.74, 6) is -0.126. The number of aryl methyl sites for hydroxylation is 1. The molecule has 1 aromatic rings. The molecule has 1 aromatic heterocycles. The number of nitrogens with one attached hydrogen (secondary N) is 1. The van der Waals surface area contributed by atoms with Gasteiger partial charge in [0.15, 0.2) is 11.6 Å². The lowest BCUT2D eigenvalue weighted by Crippen LogP contribution is -2.16. The van der Waals surface area contributed by atoms with Crippen molar-refractivity contribution in [2.45, 2.75) is 38.5 Å². The van der Waals surface area contributed by atoms with Crippen molar-refractivity contribution >= 4 is 17.4 Å². The number of halogens is 2. The molecule has 0 radical (unpaired) electrons. The summed E-state index contributed by atoms with van der Waals surface area (Å²) in [4.78, 5) is 7.72. The quantitative estimate of drug-likeness (QED) is 0.783. The Morgan fingerprint density at radius 3 is 2.81 bits per heavy atom. The van der Waals surface area contributed by atoms with E-state index in [0.29, 0.717) is 18.7 Å². The molecule has 0 bridgehead atoms. The Hall–Kier alpha value is -0.900. The molecule has 0 amide bonds. The minimum absolute atomic E-state index is 0.00411. The molecule has 0 saturated heterocycles. The van der Waals surface area contributed by atoms with Gasteiger partial charge in [0.2, 0.25) is 0 Å². The van der Waals surface area contributed by atoms with E-state index in [1.165, 1.54) is 6.33 Å². The largest absolute Gasteiger partial charge is 0.366 e. The van der Waals surface area contributed by atoms with E-state index in [9.17, 15) is 4.39 Å². The Labute approximate surface area is 100 Å². The average molecular weight is 246 g/mol. The third-order valence-electron chi connectivity index (χ3n) is 2.29. The van der Waals surface area contributed by atoms with Gasteiger partial charge in [0.1, 0.15) is 6.33 Å². The Morgan fingerprint density at radius 2 is 2.19 bits per heavy atom. The number of alkyl halides is 1. The van der Waals surface area contributed by atoms with E-state index in [-0.39, 0.29) is 17.0 Å². The molecule has 0 spiro atoms. The van der Waals surface area contributed by atoms with Crippen molar-refractivity contribution in [1.29, 1.82) is 0 Å². The van der Waals surface area contributed by atoms with Crippen molar-refractivity contribution in [3.05, 3.63) is 17.8 Å². The smallest absolute Gasteiger partial charge is 0.186 e. The van der Waals surface area contributed by atoms with Crippen LogP contribution in [0.15, 0.2) is 6.33 Å². The highest BCUT2D eigenvalue weighted by Crippen LogP contribution is 2.14. The van der Waals surface area contributed by atoms with Gasteiger partial charge in [-0.3, -0.25) is 0 Å². The first kappa shape index (κ1) is 13.2. The molecule has 0 aromatic carbocycles. The molecule has 0 aliphatic heterocycles. The molecule has 90 valence electrons. The van der Waals surface area contributed by atoms with Crippen LogP contribution in [-0.2, 0) is 6.42 Å². The van der Waals surface area contributed by atoms with Gasteiger partial charge in [-0.2, -0.15) is 0 Å². The van der Waals surface area contributed by atoms with Gasteiger partial charge in [-0.25, -0.2) is 14.4 Å². The molecule has 1 unspecified atom stereocenters. The normalized spacial score (nSPS) is 12.5. The van der Waals surface area contributed by atoms with E-state index in [1.54, 1.807) is 0 Å². The highest BCUT2D eigenvalue weighted by molar-refractivity contribution is 6.20. The molecule has 0 saturated carbocycles. The highest BCUT2D eigenvalue weighted by Gasteiger charge is 2.10. The number of anilines is 1. The first-order valence-corrected chi connectivity index (χ1v) is 6.00. The molecule has 1 atom stereocenters. The molecule has 3 nitrogen and oxygen atoms in total. The maximum atomic E-state index is 13.7. The van der Waals surface area contributed by atoms with Gasteiger partial charge in [0, 0.05) is 6.54 Å². The molecule has 0 fully saturated rings. The van der Waals surface area contributed by atoms with E-state index in [1.807, 2.05) is 6.92 Å². The predicted octanol–water partition coefficient (Wildman–Crippen LogP) is 3.00. The third kappa shape index (κ3) is 3.59. The average Bonchev–Trinajstić information content (AvgIpc) is 2.28. The van der Waals surface area contributed by atoms with E-state index in [2.05, 4.69) is 22.2 Å². The van der Waals surface area contributed by atoms with Crippen LogP contribution in [0.1, 0.15) is 32.4 Å².